The molecule has 7 nitrogen and oxygen atoms in total. The number of methoxy groups -OCH3 is 2. The first-order chi connectivity index (χ1) is 15.0. The molecule has 31 heavy (non-hydrogen) atoms. The highest BCUT2D eigenvalue weighted by atomic mass is 16.5. The number of hydrogen-bond acceptors (Lipinski definition) is 5. The van der Waals surface area contributed by atoms with Crippen LogP contribution in [0.5, 0.6) is 5.75 Å². The molecular weight excluding hydrogens is 394 g/mol. The Hall–Kier alpha value is -3.53. The summed E-state index contributed by atoms with van der Waals surface area (Å²) >= 11 is 0. The first-order valence-electron chi connectivity index (χ1n) is 10.2. The van der Waals surface area contributed by atoms with Crippen LogP contribution >= 0.6 is 0 Å². The summed E-state index contributed by atoms with van der Waals surface area (Å²) in [6, 6.07) is 19.3. The van der Waals surface area contributed by atoms with E-state index in [0.717, 1.165) is 5.56 Å². The van der Waals surface area contributed by atoms with Gasteiger partial charge in [-0.05, 0) is 43.4 Å². The molecule has 1 saturated carbocycles. The highest BCUT2D eigenvalue weighted by Gasteiger charge is 2.45. The lowest BCUT2D eigenvalue weighted by molar-refractivity contribution is 0.0927. The number of hydrogen-bond donors (Lipinski definition) is 2. The molecule has 3 rings (SSSR count). The number of nitrogens with one attached hydrogen (secondary N) is 2. The van der Waals surface area contributed by atoms with Gasteiger partial charge in [0.1, 0.15) is 11.3 Å². The van der Waals surface area contributed by atoms with Crippen LogP contribution in [0.1, 0.15) is 41.6 Å². The summed E-state index contributed by atoms with van der Waals surface area (Å²) in [7, 11) is 2.82. The van der Waals surface area contributed by atoms with Gasteiger partial charge in [-0.1, -0.05) is 42.5 Å². The number of alkyl carbamates (subject to hydrolysis) is 1. The monoisotopic (exact) mass is 421 g/mol. The second kappa shape index (κ2) is 9.52. The van der Waals surface area contributed by atoms with Crippen LogP contribution in [0.3, 0.4) is 0 Å². The summed E-state index contributed by atoms with van der Waals surface area (Å²) in [6.07, 6.45) is 1.55. The molecular formula is C24H27N3O4. The van der Waals surface area contributed by atoms with Crippen LogP contribution in [0.2, 0.25) is 0 Å². The van der Waals surface area contributed by atoms with Crippen molar-refractivity contribution in [3.63, 3.8) is 0 Å². The maximum absolute atomic E-state index is 12.9. The first-order valence-corrected chi connectivity index (χ1v) is 10.2. The maximum atomic E-state index is 12.9. The minimum atomic E-state index is -0.974. The van der Waals surface area contributed by atoms with E-state index in [-0.39, 0.29) is 11.3 Å². The summed E-state index contributed by atoms with van der Waals surface area (Å²) in [6.45, 7) is 0.410. The van der Waals surface area contributed by atoms with Crippen LogP contribution in [0.15, 0.2) is 54.6 Å². The van der Waals surface area contributed by atoms with Crippen molar-refractivity contribution in [3.8, 4) is 11.8 Å². The molecule has 1 fully saturated rings. The topological polar surface area (TPSA) is 100 Å². The van der Waals surface area contributed by atoms with E-state index in [1.807, 2.05) is 36.4 Å². The summed E-state index contributed by atoms with van der Waals surface area (Å²) in [5.74, 6) is 0.306. The van der Waals surface area contributed by atoms with Gasteiger partial charge in [-0.15, -0.1) is 0 Å². The Labute approximate surface area is 182 Å². The van der Waals surface area contributed by atoms with E-state index >= 15 is 0 Å². The zero-order chi connectivity index (χ0) is 22.3. The quantitative estimate of drug-likeness (QED) is 0.743. The lowest BCUT2D eigenvalue weighted by atomic mass is 9.64. The number of ether oxygens (including phenoxy) is 2. The van der Waals surface area contributed by atoms with Gasteiger partial charge in [0.25, 0.3) is 5.91 Å². The van der Waals surface area contributed by atoms with E-state index in [0.29, 0.717) is 43.5 Å². The molecule has 2 aromatic rings. The smallest absolute Gasteiger partial charge is 0.408 e. The molecule has 0 saturated heterocycles. The van der Waals surface area contributed by atoms with Crippen LogP contribution in [0.4, 0.5) is 4.79 Å². The number of amides is 2. The van der Waals surface area contributed by atoms with E-state index in [1.54, 1.807) is 18.2 Å². The van der Waals surface area contributed by atoms with E-state index in [2.05, 4.69) is 16.7 Å². The first kappa shape index (κ1) is 22.2. The van der Waals surface area contributed by atoms with Crippen LogP contribution in [0, 0.1) is 11.3 Å². The maximum Gasteiger partial charge on any atom is 0.408 e. The van der Waals surface area contributed by atoms with Crippen molar-refractivity contribution in [1.82, 2.24) is 10.6 Å². The normalized spacial score (nSPS) is 22.6. The average molecular weight is 421 g/mol. The molecule has 2 N–H and O–H groups in total. The van der Waals surface area contributed by atoms with Gasteiger partial charge < -0.3 is 20.1 Å². The Kier molecular flexibility index (Phi) is 6.81. The Morgan fingerprint density at radius 3 is 2.26 bits per heavy atom. The second-order valence-corrected chi connectivity index (χ2v) is 7.84. The number of para-hydroxylation sites is 1. The molecule has 2 amide bonds. The van der Waals surface area contributed by atoms with Crippen LogP contribution < -0.4 is 15.4 Å². The molecule has 1 aliphatic rings. The van der Waals surface area contributed by atoms with Crippen molar-refractivity contribution >= 4 is 12.0 Å². The lowest BCUT2D eigenvalue weighted by Crippen LogP contribution is -2.54. The van der Waals surface area contributed by atoms with Crippen LogP contribution in [-0.4, -0.2) is 38.3 Å². The van der Waals surface area contributed by atoms with Gasteiger partial charge in [-0.2, -0.15) is 5.26 Å². The molecule has 0 atom stereocenters. The van der Waals surface area contributed by atoms with E-state index in [9.17, 15) is 14.9 Å². The zero-order valence-electron chi connectivity index (χ0n) is 17.8. The Bertz CT molecular complexity index is 960. The fourth-order valence-electron chi connectivity index (χ4n) is 4.20. The standard InChI is InChI=1S/C24H27N3O4/c1-30-20-11-7-6-10-19(20)21(28)26-17-23(18-8-4-3-5-9-18)12-14-24(16-25,15-13-23)27-22(29)31-2/h3-11H,12-15,17H2,1-2H3,(H,26,28)(H,27,29). The summed E-state index contributed by atoms with van der Waals surface area (Å²) < 4.78 is 10.0. The number of nitrogens with zero attached hydrogens (tertiary/aromatic N) is 1. The number of nitriles is 1. The SMILES string of the molecule is COC(=O)NC1(C#N)CCC(CNC(=O)c2ccccc2OC)(c2ccccc2)CC1. The molecule has 0 aliphatic heterocycles. The molecule has 0 spiro atoms. The molecule has 7 heteroatoms. The molecule has 0 bridgehead atoms. The van der Waals surface area contributed by atoms with Gasteiger partial charge in [0.05, 0.1) is 25.9 Å². The Balaban J connectivity index is 1.81. The Morgan fingerprint density at radius 1 is 1.00 bits per heavy atom. The number of carbonyl (C=O) groups is 2. The average Bonchev–Trinajstić information content (AvgIpc) is 2.84. The molecule has 1 aliphatic carbocycles. The fraction of sp³-hybridized carbons (Fsp3) is 0.375. The molecule has 2 aromatic carbocycles. The van der Waals surface area contributed by atoms with Crippen molar-refractivity contribution in [3.05, 3.63) is 65.7 Å². The molecule has 0 aromatic heterocycles. The zero-order valence-corrected chi connectivity index (χ0v) is 17.8. The number of benzene rings is 2. The lowest BCUT2D eigenvalue weighted by Gasteiger charge is -2.44. The second-order valence-electron chi connectivity index (χ2n) is 7.84. The van der Waals surface area contributed by atoms with E-state index in [4.69, 9.17) is 9.47 Å². The van der Waals surface area contributed by atoms with Gasteiger partial charge in [0.2, 0.25) is 0 Å². The van der Waals surface area contributed by atoms with Crippen molar-refractivity contribution < 1.29 is 19.1 Å². The third-order valence-electron chi connectivity index (χ3n) is 6.13. The van der Waals surface area contributed by atoms with Crippen LogP contribution in [0.25, 0.3) is 0 Å². The molecule has 0 unspecified atom stereocenters. The predicted octanol–water partition coefficient (Wildman–Crippen LogP) is 3.56. The third kappa shape index (κ3) is 4.80. The van der Waals surface area contributed by atoms with E-state index in [1.165, 1.54) is 14.2 Å². The number of carbonyl (C=O) groups excluding carboxylic acids is 2. The summed E-state index contributed by atoms with van der Waals surface area (Å²) in [4.78, 5) is 24.6. The minimum Gasteiger partial charge on any atom is -0.496 e. The van der Waals surface area contributed by atoms with Gasteiger partial charge >= 0.3 is 6.09 Å². The van der Waals surface area contributed by atoms with E-state index < -0.39 is 11.6 Å². The summed E-state index contributed by atoms with van der Waals surface area (Å²) in [5, 5.41) is 15.5. The van der Waals surface area contributed by atoms with Crippen molar-refractivity contribution in [2.45, 2.75) is 36.6 Å². The van der Waals surface area contributed by atoms with Crippen molar-refractivity contribution in [2.24, 2.45) is 0 Å². The minimum absolute atomic E-state index is 0.211. The summed E-state index contributed by atoms with van der Waals surface area (Å²) in [5.41, 5.74) is 0.248. The fourth-order valence-corrected chi connectivity index (χ4v) is 4.20. The Morgan fingerprint density at radius 2 is 1.65 bits per heavy atom. The molecule has 0 radical (unpaired) electrons. The largest absolute Gasteiger partial charge is 0.496 e. The van der Waals surface area contributed by atoms with Crippen molar-refractivity contribution in [2.75, 3.05) is 20.8 Å². The van der Waals surface area contributed by atoms with Crippen LogP contribution in [-0.2, 0) is 10.2 Å². The van der Waals surface area contributed by atoms with Crippen molar-refractivity contribution in [1.29, 1.82) is 5.26 Å². The van der Waals surface area contributed by atoms with Gasteiger partial charge in [0, 0.05) is 12.0 Å². The third-order valence-corrected chi connectivity index (χ3v) is 6.13. The molecule has 0 heterocycles. The molecule has 162 valence electrons. The van der Waals surface area contributed by atoms with Gasteiger partial charge in [-0.25, -0.2) is 4.79 Å². The highest BCUT2D eigenvalue weighted by Crippen LogP contribution is 2.43. The van der Waals surface area contributed by atoms with Gasteiger partial charge in [-0.3, -0.25) is 4.79 Å². The number of rotatable bonds is 6. The van der Waals surface area contributed by atoms with Gasteiger partial charge in [0.15, 0.2) is 0 Å². The highest BCUT2D eigenvalue weighted by molar-refractivity contribution is 5.97. The predicted molar refractivity (Wildman–Crippen MR) is 116 cm³/mol.